The molecule has 1 saturated heterocycles. The van der Waals surface area contributed by atoms with Crippen molar-refractivity contribution in [1.82, 2.24) is 4.90 Å². The van der Waals surface area contributed by atoms with Crippen LogP contribution in [0.3, 0.4) is 0 Å². The predicted molar refractivity (Wildman–Crippen MR) is 137 cm³/mol. The van der Waals surface area contributed by atoms with E-state index in [-0.39, 0.29) is 11.5 Å². The maximum atomic E-state index is 13.2. The minimum absolute atomic E-state index is 0.253. The third-order valence-corrected chi connectivity index (χ3v) is 7.48. The first-order valence-corrected chi connectivity index (χ1v) is 13.1. The standard InChI is InChI=1S/C25H32N2O4S2/c1-2-3-4-5-6-7-8-9-10-13-16-26-24(31)22(33-25(26)32)21-18-14-11-12-15-19(18)27(23(21)30)17-20(28)29/h11-12,14-15H,2-10,13,16-17H2,1H3,(H,28,29). The lowest BCUT2D eigenvalue weighted by Gasteiger charge is -2.14. The number of anilines is 1. The second kappa shape index (κ2) is 12.3. The van der Waals surface area contributed by atoms with Crippen LogP contribution in [-0.4, -0.2) is 45.2 Å². The molecule has 0 radical (unpaired) electrons. The van der Waals surface area contributed by atoms with Gasteiger partial charge in [-0.25, -0.2) is 0 Å². The Morgan fingerprint density at radius 2 is 1.52 bits per heavy atom. The number of benzene rings is 1. The number of thioether (sulfide) groups is 1. The number of carboxylic acid groups (broad SMARTS) is 1. The van der Waals surface area contributed by atoms with E-state index in [9.17, 15) is 19.5 Å². The van der Waals surface area contributed by atoms with Crippen molar-refractivity contribution in [1.29, 1.82) is 0 Å². The van der Waals surface area contributed by atoms with Crippen LogP contribution in [0, 0.1) is 0 Å². The van der Waals surface area contributed by atoms with Crippen molar-refractivity contribution in [3.63, 3.8) is 0 Å². The molecule has 2 amide bonds. The number of aliphatic carboxylic acids is 1. The minimum atomic E-state index is -1.10. The van der Waals surface area contributed by atoms with Gasteiger partial charge in [0.25, 0.3) is 11.8 Å². The summed E-state index contributed by atoms with van der Waals surface area (Å²) < 4.78 is 0.459. The first-order valence-electron chi connectivity index (χ1n) is 11.9. The summed E-state index contributed by atoms with van der Waals surface area (Å²) in [6.07, 6.45) is 12.1. The summed E-state index contributed by atoms with van der Waals surface area (Å²) >= 11 is 6.59. The number of carbonyl (C=O) groups is 3. The first-order chi connectivity index (χ1) is 16.0. The molecule has 0 aromatic heterocycles. The Morgan fingerprint density at radius 3 is 2.15 bits per heavy atom. The second-order valence-corrected chi connectivity index (χ2v) is 10.2. The number of unbranched alkanes of at least 4 members (excludes halogenated alkanes) is 9. The number of thiocarbonyl (C=S) groups is 1. The van der Waals surface area contributed by atoms with Crippen LogP contribution in [0.2, 0.25) is 0 Å². The van der Waals surface area contributed by atoms with Crippen LogP contribution in [-0.2, 0) is 14.4 Å². The molecule has 2 heterocycles. The Balaban J connectivity index is 1.57. The molecule has 2 aliphatic rings. The lowest BCUT2D eigenvalue weighted by molar-refractivity contribution is -0.136. The van der Waals surface area contributed by atoms with E-state index in [2.05, 4.69) is 6.92 Å². The zero-order valence-electron chi connectivity index (χ0n) is 19.2. The molecule has 1 fully saturated rings. The predicted octanol–water partition coefficient (Wildman–Crippen LogP) is 5.61. The van der Waals surface area contributed by atoms with Crippen molar-refractivity contribution in [2.75, 3.05) is 18.0 Å². The van der Waals surface area contributed by atoms with Crippen LogP contribution in [0.4, 0.5) is 5.69 Å². The molecule has 1 N–H and O–H groups in total. The monoisotopic (exact) mass is 488 g/mol. The van der Waals surface area contributed by atoms with E-state index in [1.807, 2.05) is 0 Å². The number of rotatable bonds is 13. The quantitative estimate of drug-likeness (QED) is 0.221. The maximum absolute atomic E-state index is 13.2. The van der Waals surface area contributed by atoms with Crippen LogP contribution in [0.25, 0.3) is 5.57 Å². The van der Waals surface area contributed by atoms with Gasteiger partial charge in [0.15, 0.2) is 0 Å². The Morgan fingerprint density at radius 1 is 0.909 bits per heavy atom. The van der Waals surface area contributed by atoms with Gasteiger partial charge in [0, 0.05) is 12.1 Å². The van der Waals surface area contributed by atoms with Crippen LogP contribution < -0.4 is 4.90 Å². The number of carbonyl (C=O) groups excluding carboxylic acids is 2. The third kappa shape index (κ3) is 6.23. The number of nitrogens with zero attached hydrogens (tertiary/aromatic N) is 2. The van der Waals surface area contributed by atoms with Crippen molar-refractivity contribution in [2.45, 2.75) is 71.1 Å². The fourth-order valence-corrected chi connectivity index (χ4v) is 5.67. The zero-order valence-corrected chi connectivity index (χ0v) is 20.8. The summed E-state index contributed by atoms with van der Waals surface area (Å²) in [7, 11) is 0. The molecule has 0 saturated carbocycles. The van der Waals surface area contributed by atoms with Crippen LogP contribution in [0.5, 0.6) is 0 Å². The molecule has 33 heavy (non-hydrogen) atoms. The molecule has 3 rings (SSSR count). The summed E-state index contributed by atoms with van der Waals surface area (Å²) in [5, 5.41) is 9.22. The molecule has 0 unspecified atom stereocenters. The van der Waals surface area contributed by atoms with Gasteiger partial charge in [-0.1, -0.05) is 107 Å². The second-order valence-electron chi connectivity index (χ2n) is 8.51. The molecule has 1 aromatic rings. The number of hydrogen-bond acceptors (Lipinski definition) is 5. The van der Waals surface area contributed by atoms with Crippen molar-refractivity contribution in [3.8, 4) is 0 Å². The van der Waals surface area contributed by atoms with Gasteiger partial charge in [0.2, 0.25) is 0 Å². The van der Waals surface area contributed by atoms with Crippen LogP contribution in [0.15, 0.2) is 29.2 Å². The molecule has 8 heteroatoms. The summed E-state index contributed by atoms with van der Waals surface area (Å²) in [6, 6.07) is 6.98. The summed E-state index contributed by atoms with van der Waals surface area (Å²) in [5.74, 6) is -1.82. The molecule has 178 valence electrons. The van der Waals surface area contributed by atoms with E-state index in [1.54, 1.807) is 29.2 Å². The third-order valence-electron chi connectivity index (χ3n) is 6.03. The highest BCUT2D eigenvalue weighted by atomic mass is 32.2. The van der Waals surface area contributed by atoms with Gasteiger partial charge in [-0.15, -0.1) is 0 Å². The van der Waals surface area contributed by atoms with Gasteiger partial charge in [-0.05, 0) is 12.5 Å². The smallest absolute Gasteiger partial charge is 0.323 e. The van der Waals surface area contributed by atoms with E-state index in [1.165, 1.54) is 49.8 Å². The number of carboxylic acids is 1. The highest BCUT2D eigenvalue weighted by Gasteiger charge is 2.42. The van der Waals surface area contributed by atoms with Crippen molar-refractivity contribution in [3.05, 3.63) is 34.7 Å². The SMILES string of the molecule is CCCCCCCCCCCCN1C(=O)C(=C2C(=O)N(CC(=O)O)c3ccccc32)SC1=S. The van der Waals surface area contributed by atoms with Gasteiger partial charge in [-0.3, -0.25) is 24.2 Å². The highest BCUT2D eigenvalue weighted by Crippen LogP contribution is 2.44. The van der Waals surface area contributed by atoms with Gasteiger partial charge in [0.1, 0.15) is 10.9 Å². The van der Waals surface area contributed by atoms with Crippen molar-refractivity contribution >= 4 is 57.3 Å². The Bertz CT molecular complexity index is 944. The normalized spacial score (nSPS) is 17.9. The fraction of sp³-hybridized carbons (Fsp3) is 0.520. The Hall–Kier alpha value is -2.19. The number of hydrogen-bond donors (Lipinski definition) is 1. The largest absolute Gasteiger partial charge is 0.480 e. The van der Waals surface area contributed by atoms with E-state index in [0.717, 1.165) is 31.0 Å². The topological polar surface area (TPSA) is 77.9 Å². The molecule has 0 aliphatic carbocycles. The zero-order chi connectivity index (χ0) is 23.8. The molecule has 6 nitrogen and oxygen atoms in total. The molecule has 0 atom stereocenters. The highest BCUT2D eigenvalue weighted by molar-refractivity contribution is 8.26. The van der Waals surface area contributed by atoms with Gasteiger partial charge < -0.3 is 5.11 Å². The molecule has 2 aliphatic heterocycles. The minimum Gasteiger partial charge on any atom is -0.480 e. The van der Waals surface area contributed by atoms with Gasteiger partial charge >= 0.3 is 5.97 Å². The van der Waals surface area contributed by atoms with E-state index < -0.39 is 18.4 Å². The van der Waals surface area contributed by atoms with Crippen molar-refractivity contribution in [2.24, 2.45) is 0 Å². The Labute approximate surface area is 205 Å². The van der Waals surface area contributed by atoms with Gasteiger partial charge in [-0.2, -0.15) is 0 Å². The maximum Gasteiger partial charge on any atom is 0.323 e. The Kier molecular flexibility index (Phi) is 9.50. The number of para-hydroxylation sites is 1. The average Bonchev–Trinajstić information content (AvgIpc) is 3.22. The fourth-order valence-electron chi connectivity index (χ4n) is 4.29. The summed E-state index contributed by atoms with van der Waals surface area (Å²) in [5.41, 5.74) is 1.36. The first kappa shape index (κ1) is 25.4. The molecular weight excluding hydrogens is 456 g/mol. The number of amides is 2. The molecule has 0 bridgehead atoms. The number of fused-ring (bicyclic) bond motifs is 1. The average molecular weight is 489 g/mol. The van der Waals surface area contributed by atoms with E-state index in [0.29, 0.717) is 27.0 Å². The molecule has 1 aromatic carbocycles. The lowest BCUT2D eigenvalue weighted by Crippen LogP contribution is -2.33. The lowest BCUT2D eigenvalue weighted by atomic mass is 10.1. The van der Waals surface area contributed by atoms with Crippen LogP contribution in [0.1, 0.15) is 76.7 Å². The summed E-state index contributed by atoms with van der Waals surface area (Å²) in [6.45, 7) is 2.33. The van der Waals surface area contributed by atoms with Crippen LogP contribution >= 0.6 is 24.0 Å². The van der Waals surface area contributed by atoms with E-state index in [4.69, 9.17) is 12.2 Å². The van der Waals surface area contributed by atoms with E-state index >= 15 is 0 Å². The van der Waals surface area contributed by atoms with Crippen molar-refractivity contribution < 1.29 is 19.5 Å². The molecular formula is C25H32N2O4S2. The summed E-state index contributed by atoms with van der Waals surface area (Å²) in [4.78, 5) is 40.6. The van der Waals surface area contributed by atoms with Gasteiger partial charge in [0.05, 0.1) is 16.2 Å². The molecule has 0 spiro atoms.